The summed E-state index contributed by atoms with van der Waals surface area (Å²) in [5, 5.41) is 6.66. The highest BCUT2D eigenvalue weighted by Crippen LogP contribution is 2.21. The number of nitrogens with one attached hydrogen (secondary N) is 2. The van der Waals surface area contributed by atoms with Gasteiger partial charge < -0.3 is 20.3 Å². The van der Waals surface area contributed by atoms with Gasteiger partial charge in [-0.3, -0.25) is 9.79 Å². The zero-order chi connectivity index (χ0) is 20.6. The number of carbonyl (C=O) groups is 1. The molecule has 2 aromatic carbocycles. The van der Waals surface area contributed by atoms with Crippen LogP contribution in [-0.4, -0.2) is 31.6 Å². The fourth-order valence-corrected chi connectivity index (χ4v) is 3.31. The van der Waals surface area contributed by atoms with Crippen LogP contribution in [0.3, 0.4) is 0 Å². The van der Waals surface area contributed by atoms with Crippen molar-refractivity contribution in [2.24, 2.45) is 4.99 Å². The van der Waals surface area contributed by atoms with Crippen LogP contribution in [0.15, 0.2) is 53.5 Å². The Bertz CT molecular complexity index is 846. The Labute approximate surface area is 173 Å². The van der Waals surface area contributed by atoms with E-state index in [0.29, 0.717) is 19.5 Å². The Morgan fingerprint density at radius 3 is 2.45 bits per heavy atom. The molecule has 1 saturated heterocycles. The lowest BCUT2D eigenvalue weighted by Gasteiger charge is -2.16. The first-order valence-electron chi connectivity index (χ1n) is 10.1. The van der Waals surface area contributed by atoms with Crippen LogP contribution in [0.25, 0.3) is 0 Å². The zero-order valence-electron chi connectivity index (χ0n) is 17.4. The standard InChI is InChI=1S/C23H30N4O2/c1-17(2)29-21-7-4-6-19(14-21)16-26-23(24-3)25-15-18-9-11-20(12-10-18)27-13-5-8-22(27)28/h4,6-7,9-12,14,17H,5,8,13,15-16H2,1-3H3,(H2,24,25,26). The molecule has 1 fully saturated rings. The van der Waals surface area contributed by atoms with Crippen LogP contribution in [0, 0.1) is 0 Å². The molecule has 2 aromatic rings. The van der Waals surface area contributed by atoms with Crippen LogP contribution in [0.2, 0.25) is 0 Å². The Hall–Kier alpha value is -3.02. The van der Waals surface area contributed by atoms with Crippen molar-refractivity contribution in [3.63, 3.8) is 0 Å². The molecule has 0 aromatic heterocycles. The number of benzene rings is 2. The van der Waals surface area contributed by atoms with Crippen molar-refractivity contribution in [1.82, 2.24) is 10.6 Å². The Balaban J connectivity index is 1.50. The highest BCUT2D eigenvalue weighted by molar-refractivity contribution is 5.95. The van der Waals surface area contributed by atoms with Crippen LogP contribution in [-0.2, 0) is 17.9 Å². The number of nitrogens with zero attached hydrogens (tertiary/aromatic N) is 2. The molecule has 1 aliphatic rings. The van der Waals surface area contributed by atoms with Crippen LogP contribution in [0.1, 0.15) is 37.8 Å². The number of hydrogen-bond acceptors (Lipinski definition) is 3. The predicted octanol–water partition coefficient (Wildman–Crippen LogP) is 3.47. The van der Waals surface area contributed by atoms with Crippen molar-refractivity contribution in [3.05, 3.63) is 59.7 Å². The summed E-state index contributed by atoms with van der Waals surface area (Å²) >= 11 is 0. The molecule has 0 aliphatic carbocycles. The smallest absolute Gasteiger partial charge is 0.227 e. The first-order valence-corrected chi connectivity index (χ1v) is 10.1. The summed E-state index contributed by atoms with van der Waals surface area (Å²) in [7, 11) is 1.76. The third kappa shape index (κ3) is 5.98. The Morgan fingerprint density at radius 1 is 1.10 bits per heavy atom. The van der Waals surface area contributed by atoms with Gasteiger partial charge in [-0.05, 0) is 55.7 Å². The second-order valence-corrected chi connectivity index (χ2v) is 7.41. The summed E-state index contributed by atoms with van der Waals surface area (Å²) in [6.45, 7) is 6.17. The number of carbonyl (C=O) groups excluding carboxylic acids is 1. The molecular weight excluding hydrogens is 364 g/mol. The maximum atomic E-state index is 11.9. The van der Waals surface area contributed by atoms with Crippen molar-refractivity contribution in [2.45, 2.75) is 45.9 Å². The van der Waals surface area contributed by atoms with E-state index in [1.807, 2.05) is 61.2 Å². The molecule has 0 unspecified atom stereocenters. The largest absolute Gasteiger partial charge is 0.491 e. The lowest BCUT2D eigenvalue weighted by atomic mass is 10.2. The average Bonchev–Trinajstić information content (AvgIpc) is 3.14. The Morgan fingerprint density at radius 2 is 1.83 bits per heavy atom. The van der Waals surface area contributed by atoms with Gasteiger partial charge in [0, 0.05) is 38.8 Å². The van der Waals surface area contributed by atoms with E-state index in [4.69, 9.17) is 4.74 Å². The maximum absolute atomic E-state index is 11.9. The van der Waals surface area contributed by atoms with E-state index in [1.54, 1.807) is 7.05 Å². The fourth-order valence-electron chi connectivity index (χ4n) is 3.31. The number of aliphatic imine (C=N–C) groups is 1. The number of amides is 1. The number of rotatable bonds is 7. The van der Waals surface area contributed by atoms with Crippen molar-refractivity contribution in [2.75, 3.05) is 18.5 Å². The third-order valence-corrected chi connectivity index (χ3v) is 4.74. The lowest BCUT2D eigenvalue weighted by molar-refractivity contribution is -0.117. The first kappa shape index (κ1) is 20.7. The molecule has 2 N–H and O–H groups in total. The predicted molar refractivity (Wildman–Crippen MR) is 117 cm³/mol. The highest BCUT2D eigenvalue weighted by Gasteiger charge is 2.21. The summed E-state index contributed by atoms with van der Waals surface area (Å²) in [6, 6.07) is 16.2. The van der Waals surface area contributed by atoms with Gasteiger partial charge in [-0.25, -0.2) is 0 Å². The van der Waals surface area contributed by atoms with Gasteiger partial charge in [0.2, 0.25) is 5.91 Å². The van der Waals surface area contributed by atoms with Crippen LogP contribution >= 0.6 is 0 Å². The molecule has 0 bridgehead atoms. The van der Waals surface area contributed by atoms with Crippen molar-refractivity contribution in [1.29, 1.82) is 0 Å². The zero-order valence-corrected chi connectivity index (χ0v) is 17.4. The monoisotopic (exact) mass is 394 g/mol. The number of anilines is 1. The molecule has 1 aliphatic heterocycles. The van der Waals surface area contributed by atoms with Crippen molar-refractivity contribution < 1.29 is 9.53 Å². The van der Waals surface area contributed by atoms with E-state index in [2.05, 4.69) is 21.7 Å². The van der Waals surface area contributed by atoms with E-state index in [9.17, 15) is 4.79 Å². The summed E-state index contributed by atoms with van der Waals surface area (Å²) < 4.78 is 5.75. The van der Waals surface area contributed by atoms with Crippen LogP contribution in [0.4, 0.5) is 5.69 Å². The van der Waals surface area contributed by atoms with Gasteiger partial charge in [-0.2, -0.15) is 0 Å². The second-order valence-electron chi connectivity index (χ2n) is 7.41. The first-order chi connectivity index (χ1) is 14.0. The topological polar surface area (TPSA) is 66.0 Å². The number of hydrogen-bond donors (Lipinski definition) is 2. The Kier molecular flexibility index (Phi) is 7.11. The van der Waals surface area contributed by atoms with E-state index in [0.717, 1.165) is 41.5 Å². The number of ether oxygens (including phenoxy) is 1. The quantitative estimate of drug-likeness (QED) is 0.558. The van der Waals surface area contributed by atoms with Gasteiger partial charge in [0.05, 0.1) is 6.10 Å². The summed E-state index contributed by atoms with van der Waals surface area (Å²) in [4.78, 5) is 18.0. The van der Waals surface area contributed by atoms with Crippen LogP contribution < -0.4 is 20.3 Å². The van der Waals surface area contributed by atoms with E-state index in [-0.39, 0.29) is 12.0 Å². The molecule has 6 nitrogen and oxygen atoms in total. The molecule has 6 heteroatoms. The molecule has 154 valence electrons. The normalized spacial score (nSPS) is 14.4. The third-order valence-electron chi connectivity index (χ3n) is 4.74. The molecule has 0 atom stereocenters. The molecular formula is C23H30N4O2. The van der Waals surface area contributed by atoms with Gasteiger partial charge in [-0.15, -0.1) is 0 Å². The number of guanidine groups is 1. The highest BCUT2D eigenvalue weighted by atomic mass is 16.5. The van der Waals surface area contributed by atoms with Crippen molar-refractivity contribution in [3.8, 4) is 5.75 Å². The average molecular weight is 395 g/mol. The second kappa shape index (κ2) is 9.96. The SMILES string of the molecule is CN=C(NCc1ccc(N2CCCC2=O)cc1)NCc1cccc(OC(C)C)c1. The molecule has 1 amide bonds. The summed E-state index contributed by atoms with van der Waals surface area (Å²) in [6.07, 6.45) is 1.75. The van der Waals surface area contributed by atoms with Crippen LogP contribution in [0.5, 0.6) is 5.75 Å². The fraction of sp³-hybridized carbons (Fsp3) is 0.391. The molecule has 0 saturated carbocycles. The molecule has 0 spiro atoms. The molecule has 0 radical (unpaired) electrons. The van der Waals surface area contributed by atoms with Gasteiger partial charge in [0.1, 0.15) is 5.75 Å². The minimum absolute atomic E-state index is 0.155. The van der Waals surface area contributed by atoms with Gasteiger partial charge >= 0.3 is 0 Å². The minimum atomic E-state index is 0.155. The van der Waals surface area contributed by atoms with E-state index in [1.165, 1.54) is 0 Å². The van der Waals surface area contributed by atoms with Gasteiger partial charge in [0.25, 0.3) is 0 Å². The summed E-state index contributed by atoms with van der Waals surface area (Å²) in [5.74, 6) is 1.82. The summed E-state index contributed by atoms with van der Waals surface area (Å²) in [5.41, 5.74) is 3.24. The maximum Gasteiger partial charge on any atom is 0.227 e. The van der Waals surface area contributed by atoms with Gasteiger partial charge in [0.15, 0.2) is 5.96 Å². The molecule has 3 rings (SSSR count). The minimum Gasteiger partial charge on any atom is -0.491 e. The van der Waals surface area contributed by atoms with Gasteiger partial charge in [-0.1, -0.05) is 24.3 Å². The van der Waals surface area contributed by atoms with E-state index < -0.39 is 0 Å². The molecule has 1 heterocycles. The molecule has 29 heavy (non-hydrogen) atoms. The lowest BCUT2D eigenvalue weighted by Crippen LogP contribution is -2.36. The van der Waals surface area contributed by atoms with E-state index >= 15 is 0 Å². The van der Waals surface area contributed by atoms with Crippen molar-refractivity contribution >= 4 is 17.6 Å².